The van der Waals surface area contributed by atoms with Crippen molar-refractivity contribution in [3.63, 3.8) is 0 Å². The molecule has 0 amide bonds. The van der Waals surface area contributed by atoms with Gasteiger partial charge in [-0.15, -0.1) is 0 Å². The van der Waals surface area contributed by atoms with Crippen LogP contribution >= 0.6 is 0 Å². The van der Waals surface area contributed by atoms with Gasteiger partial charge in [-0.2, -0.15) is 0 Å². The van der Waals surface area contributed by atoms with Crippen molar-refractivity contribution in [1.29, 1.82) is 0 Å². The van der Waals surface area contributed by atoms with Gasteiger partial charge < -0.3 is 9.84 Å². The first kappa shape index (κ1) is 12.9. The van der Waals surface area contributed by atoms with Crippen molar-refractivity contribution in [2.75, 3.05) is 6.61 Å². The SMILES string of the molecule is CC1(C)COC(c2cccc(C(C)(C)C)c2O)=N1. The van der Waals surface area contributed by atoms with Gasteiger partial charge in [0, 0.05) is 5.56 Å². The van der Waals surface area contributed by atoms with Gasteiger partial charge in [0.15, 0.2) is 0 Å². The quantitative estimate of drug-likeness (QED) is 0.827. The summed E-state index contributed by atoms with van der Waals surface area (Å²) in [5, 5.41) is 10.4. The third kappa shape index (κ3) is 2.35. The van der Waals surface area contributed by atoms with Crippen molar-refractivity contribution < 1.29 is 9.84 Å². The van der Waals surface area contributed by atoms with Crippen molar-refractivity contribution >= 4 is 5.90 Å². The Morgan fingerprint density at radius 1 is 1.28 bits per heavy atom. The van der Waals surface area contributed by atoms with Crippen LogP contribution in [0.25, 0.3) is 0 Å². The van der Waals surface area contributed by atoms with Gasteiger partial charge in [-0.05, 0) is 25.3 Å². The van der Waals surface area contributed by atoms with Gasteiger partial charge in [0.05, 0.1) is 11.1 Å². The lowest BCUT2D eigenvalue weighted by Gasteiger charge is -2.21. The Hall–Kier alpha value is -1.51. The number of aromatic hydroxyl groups is 1. The van der Waals surface area contributed by atoms with Gasteiger partial charge in [-0.1, -0.05) is 32.9 Å². The fourth-order valence-electron chi connectivity index (χ4n) is 2.04. The fourth-order valence-corrected chi connectivity index (χ4v) is 2.04. The molecular weight excluding hydrogens is 226 g/mol. The molecule has 0 atom stereocenters. The predicted molar refractivity (Wildman–Crippen MR) is 73.4 cm³/mol. The van der Waals surface area contributed by atoms with E-state index in [2.05, 4.69) is 25.8 Å². The minimum Gasteiger partial charge on any atom is -0.507 e. The molecule has 0 unspecified atom stereocenters. The third-order valence-corrected chi connectivity index (χ3v) is 3.04. The molecule has 98 valence electrons. The van der Waals surface area contributed by atoms with E-state index in [-0.39, 0.29) is 16.7 Å². The predicted octanol–water partition coefficient (Wildman–Crippen LogP) is 3.25. The smallest absolute Gasteiger partial charge is 0.220 e. The normalized spacial score (nSPS) is 18.4. The van der Waals surface area contributed by atoms with E-state index in [0.29, 0.717) is 18.1 Å². The summed E-state index contributed by atoms with van der Waals surface area (Å²) < 4.78 is 5.59. The van der Waals surface area contributed by atoms with Crippen LogP contribution < -0.4 is 0 Å². The molecule has 0 saturated carbocycles. The summed E-state index contributed by atoms with van der Waals surface area (Å²) in [7, 11) is 0. The molecule has 0 spiro atoms. The van der Waals surface area contributed by atoms with Crippen LogP contribution in [0.2, 0.25) is 0 Å². The van der Waals surface area contributed by atoms with Crippen molar-refractivity contribution in [3.8, 4) is 5.75 Å². The molecule has 0 bridgehead atoms. The minimum absolute atomic E-state index is 0.102. The van der Waals surface area contributed by atoms with E-state index < -0.39 is 0 Å². The fraction of sp³-hybridized carbons (Fsp3) is 0.533. The maximum Gasteiger partial charge on any atom is 0.220 e. The monoisotopic (exact) mass is 247 g/mol. The second kappa shape index (κ2) is 4.01. The average molecular weight is 247 g/mol. The number of aliphatic imine (C=N–C) groups is 1. The van der Waals surface area contributed by atoms with E-state index in [1.54, 1.807) is 0 Å². The van der Waals surface area contributed by atoms with Crippen molar-refractivity contribution in [1.82, 2.24) is 0 Å². The first-order valence-electron chi connectivity index (χ1n) is 6.26. The molecule has 0 radical (unpaired) electrons. The van der Waals surface area contributed by atoms with E-state index >= 15 is 0 Å². The van der Waals surface area contributed by atoms with Crippen LogP contribution in [-0.4, -0.2) is 23.2 Å². The Morgan fingerprint density at radius 3 is 2.44 bits per heavy atom. The highest BCUT2D eigenvalue weighted by Gasteiger charge is 2.30. The molecule has 18 heavy (non-hydrogen) atoms. The molecule has 3 heteroatoms. The van der Waals surface area contributed by atoms with Gasteiger partial charge in [-0.3, -0.25) is 0 Å². The lowest BCUT2D eigenvalue weighted by molar-refractivity contribution is 0.278. The summed E-state index contributed by atoms with van der Waals surface area (Å²) in [6.07, 6.45) is 0. The van der Waals surface area contributed by atoms with E-state index in [1.165, 1.54) is 0 Å². The molecule has 0 saturated heterocycles. The van der Waals surface area contributed by atoms with Gasteiger partial charge in [-0.25, -0.2) is 4.99 Å². The molecule has 0 aromatic heterocycles. The molecule has 1 aliphatic heterocycles. The van der Waals surface area contributed by atoms with E-state index in [4.69, 9.17) is 4.74 Å². The van der Waals surface area contributed by atoms with Gasteiger partial charge in [0.1, 0.15) is 12.4 Å². The molecule has 1 aliphatic rings. The second-order valence-corrected chi connectivity index (χ2v) is 6.47. The van der Waals surface area contributed by atoms with Crippen LogP contribution in [0.4, 0.5) is 0 Å². The standard InChI is InChI=1S/C15H21NO2/c1-14(2,3)11-8-6-7-10(12(11)17)13-16-15(4,5)9-18-13/h6-8,17H,9H2,1-5H3. The Balaban J connectivity index is 2.48. The summed E-state index contributed by atoms with van der Waals surface area (Å²) in [6.45, 7) is 10.8. The Kier molecular flexibility index (Phi) is 2.88. The lowest BCUT2D eigenvalue weighted by Crippen LogP contribution is -2.17. The topological polar surface area (TPSA) is 41.8 Å². The number of rotatable bonds is 1. The van der Waals surface area contributed by atoms with Crippen molar-refractivity contribution in [2.45, 2.75) is 45.6 Å². The van der Waals surface area contributed by atoms with Gasteiger partial charge >= 0.3 is 0 Å². The highest BCUT2D eigenvalue weighted by atomic mass is 16.5. The summed E-state index contributed by atoms with van der Waals surface area (Å²) in [5.41, 5.74) is 1.29. The van der Waals surface area contributed by atoms with Crippen LogP contribution in [-0.2, 0) is 10.2 Å². The zero-order valence-electron chi connectivity index (χ0n) is 11.7. The molecule has 0 fully saturated rings. The lowest BCUT2D eigenvalue weighted by atomic mass is 9.85. The van der Waals surface area contributed by atoms with Crippen LogP contribution in [0.15, 0.2) is 23.2 Å². The molecular formula is C15H21NO2. The number of ether oxygens (including phenoxy) is 1. The van der Waals surface area contributed by atoms with Gasteiger partial charge in [0.25, 0.3) is 0 Å². The number of phenolic OH excluding ortho intramolecular Hbond substituents is 1. The highest BCUT2D eigenvalue weighted by molar-refractivity contribution is 5.98. The van der Waals surface area contributed by atoms with Crippen LogP contribution in [0.3, 0.4) is 0 Å². The van der Waals surface area contributed by atoms with E-state index in [9.17, 15) is 5.11 Å². The maximum absolute atomic E-state index is 10.4. The molecule has 0 aliphatic carbocycles. The summed E-state index contributed by atoms with van der Waals surface area (Å²) >= 11 is 0. The number of hydrogen-bond donors (Lipinski definition) is 1. The van der Waals surface area contributed by atoms with Gasteiger partial charge in [0.2, 0.25) is 5.90 Å². The van der Waals surface area contributed by atoms with Crippen molar-refractivity contribution in [2.24, 2.45) is 4.99 Å². The summed E-state index contributed by atoms with van der Waals surface area (Å²) in [5.74, 6) is 0.824. The first-order chi connectivity index (χ1) is 8.21. The van der Waals surface area contributed by atoms with Crippen molar-refractivity contribution in [3.05, 3.63) is 29.3 Å². The average Bonchev–Trinajstić information content (AvgIpc) is 2.57. The van der Waals surface area contributed by atoms with E-state index in [1.807, 2.05) is 32.0 Å². The molecule has 1 N–H and O–H groups in total. The summed E-state index contributed by atoms with van der Waals surface area (Å²) in [4.78, 5) is 4.51. The number of para-hydroxylation sites is 1. The molecule has 3 nitrogen and oxygen atoms in total. The number of nitrogens with zero attached hydrogens (tertiary/aromatic N) is 1. The van der Waals surface area contributed by atoms with Crippen LogP contribution in [0.5, 0.6) is 5.75 Å². The van der Waals surface area contributed by atoms with Crippen LogP contribution in [0.1, 0.15) is 45.7 Å². The molecule has 2 rings (SSSR count). The Bertz CT molecular complexity index is 496. The first-order valence-corrected chi connectivity index (χ1v) is 6.26. The largest absolute Gasteiger partial charge is 0.507 e. The Labute approximate surface area is 109 Å². The minimum atomic E-state index is -0.209. The second-order valence-electron chi connectivity index (χ2n) is 6.47. The number of hydrogen-bond acceptors (Lipinski definition) is 3. The number of benzene rings is 1. The molecule has 1 aromatic rings. The zero-order valence-corrected chi connectivity index (χ0v) is 11.7. The molecule has 1 aromatic carbocycles. The van der Waals surface area contributed by atoms with Crippen LogP contribution in [0, 0.1) is 0 Å². The number of phenols is 1. The maximum atomic E-state index is 10.4. The Morgan fingerprint density at radius 2 is 1.94 bits per heavy atom. The summed E-state index contributed by atoms with van der Waals surface area (Å²) in [6, 6.07) is 5.73. The van der Waals surface area contributed by atoms with E-state index in [0.717, 1.165) is 5.56 Å². The third-order valence-electron chi connectivity index (χ3n) is 3.04. The zero-order chi connectivity index (χ0) is 13.6. The highest BCUT2D eigenvalue weighted by Crippen LogP contribution is 2.35. The molecule has 1 heterocycles.